The minimum Gasteiger partial charge on any atom is -0.255 e. The van der Waals surface area contributed by atoms with Gasteiger partial charge in [-0.1, -0.05) is 41.7 Å². The Hall–Kier alpha value is -2.34. The molecule has 0 atom stereocenters. The molecular weight excluding hydrogens is 294 g/mol. The molecule has 3 nitrogen and oxygen atoms in total. The summed E-state index contributed by atoms with van der Waals surface area (Å²) in [6.45, 7) is -0.213. The third-order valence-corrected chi connectivity index (χ3v) is 3.72. The van der Waals surface area contributed by atoms with Crippen molar-refractivity contribution in [1.82, 2.24) is 9.78 Å². The summed E-state index contributed by atoms with van der Waals surface area (Å²) in [5, 5.41) is 3.76. The summed E-state index contributed by atoms with van der Waals surface area (Å²) >= 11 is 0.887. The van der Waals surface area contributed by atoms with E-state index in [1.54, 1.807) is 24.3 Å². The Morgan fingerprint density at radius 2 is 1.71 bits per heavy atom. The molecule has 0 aliphatic heterocycles. The first-order valence-electron chi connectivity index (χ1n) is 6.19. The summed E-state index contributed by atoms with van der Waals surface area (Å²) in [5.74, 6) is -1.37. The van der Waals surface area contributed by atoms with Gasteiger partial charge < -0.3 is 0 Å². The van der Waals surface area contributed by atoms with Crippen molar-refractivity contribution in [2.24, 2.45) is 0 Å². The van der Waals surface area contributed by atoms with E-state index < -0.39 is 11.6 Å². The smallest absolute Gasteiger partial charge is 0.255 e. The number of hydrogen-bond acceptors (Lipinski definition) is 3. The number of benzene rings is 2. The Morgan fingerprint density at radius 3 is 2.29 bits per heavy atom. The molecule has 3 rings (SSSR count). The van der Waals surface area contributed by atoms with Crippen LogP contribution in [-0.4, -0.2) is 9.78 Å². The van der Waals surface area contributed by atoms with E-state index in [1.165, 1.54) is 17.6 Å². The van der Waals surface area contributed by atoms with Crippen LogP contribution in [-0.2, 0) is 6.54 Å². The van der Waals surface area contributed by atoms with Gasteiger partial charge in [0.25, 0.3) is 0 Å². The number of rotatable bonds is 3. The van der Waals surface area contributed by atoms with Gasteiger partial charge in [-0.3, -0.25) is 4.79 Å². The summed E-state index contributed by atoms with van der Waals surface area (Å²) in [6, 6.07) is 11.5. The van der Waals surface area contributed by atoms with Crippen LogP contribution >= 0.6 is 11.3 Å². The van der Waals surface area contributed by atoms with E-state index in [0.29, 0.717) is 5.56 Å². The molecule has 0 saturated carbocycles. The molecule has 2 aromatic carbocycles. The van der Waals surface area contributed by atoms with Crippen LogP contribution in [0.4, 0.5) is 8.78 Å². The van der Waals surface area contributed by atoms with Crippen molar-refractivity contribution in [3.05, 3.63) is 74.8 Å². The number of aromatic nitrogens is 2. The predicted octanol–water partition coefficient (Wildman–Crippen LogP) is 3.30. The fraction of sp³-hybridized carbons (Fsp3) is 0.0667. The van der Waals surface area contributed by atoms with Crippen LogP contribution in [0.5, 0.6) is 0 Å². The molecule has 0 unspecified atom stereocenters. The Morgan fingerprint density at radius 1 is 1.05 bits per heavy atom. The summed E-state index contributed by atoms with van der Waals surface area (Å²) < 4.78 is 29.3. The van der Waals surface area contributed by atoms with E-state index >= 15 is 0 Å². The maximum absolute atomic E-state index is 14.1. The molecule has 1 heterocycles. The van der Waals surface area contributed by atoms with Gasteiger partial charge in [-0.15, -0.1) is 0 Å². The van der Waals surface area contributed by atoms with Crippen molar-refractivity contribution in [2.75, 3.05) is 0 Å². The second kappa shape index (κ2) is 5.57. The molecule has 0 saturated heterocycles. The van der Waals surface area contributed by atoms with Crippen molar-refractivity contribution in [1.29, 1.82) is 0 Å². The third kappa shape index (κ3) is 2.75. The van der Waals surface area contributed by atoms with Crippen LogP contribution in [0.1, 0.15) is 5.56 Å². The van der Waals surface area contributed by atoms with Crippen LogP contribution in [0.15, 0.2) is 52.8 Å². The topological polar surface area (TPSA) is 34.9 Å². The van der Waals surface area contributed by atoms with Crippen molar-refractivity contribution in [2.45, 2.75) is 6.54 Å². The molecule has 6 heteroatoms. The summed E-state index contributed by atoms with van der Waals surface area (Å²) in [7, 11) is 0. The lowest BCUT2D eigenvalue weighted by molar-refractivity contribution is 0.530. The predicted molar refractivity (Wildman–Crippen MR) is 77.3 cm³/mol. The lowest BCUT2D eigenvalue weighted by Gasteiger charge is -2.08. The summed E-state index contributed by atoms with van der Waals surface area (Å²) in [6.07, 6.45) is 0. The van der Waals surface area contributed by atoms with Crippen LogP contribution in [0.2, 0.25) is 0 Å². The average Bonchev–Trinajstić information content (AvgIpc) is 2.89. The van der Waals surface area contributed by atoms with Gasteiger partial charge >= 0.3 is 4.87 Å². The van der Waals surface area contributed by atoms with E-state index in [1.807, 2.05) is 6.07 Å². The number of halogens is 2. The zero-order valence-corrected chi connectivity index (χ0v) is 11.6. The SMILES string of the molecule is O=c1scnn1Cc1c(F)cc(-c2ccccc2)cc1F. The molecule has 0 fully saturated rings. The van der Waals surface area contributed by atoms with Crippen LogP contribution < -0.4 is 4.87 Å². The Kier molecular flexibility index (Phi) is 3.62. The van der Waals surface area contributed by atoms with Gasteiger partial charge in [-0.05, 0) is 23.3 Å². The zero-order valence-electron chi connectivity index (χ0n) is 10.8. The monoisotopic (exact) mass is 304 g/mol. The lowest BCUT2D eigenvalue weighted by atomic mass is 10.0. The summed E-state index contributed by atoms with van der Waals surface area (Å²) in [5.41, 5.74) is 2.37. The quantitative estimate of drug-likeness (QED) is 0.744. The molecule has 0 amide bonds. The molecule has 0 radical (unpaired) electrons. The van der Waals surface area contributed by atoms with E-state index in [2.05, 4.69) is 5.10 Å². The fourth-order valence-electron chi connectivity index (χ4n) is 2.04. The highest BCUT2D eigenvalue weighted by atomic mass is 32.1. The van der Waals surface area contributed by atoms with E-state index in [0.717, 1.165) is 21.6 Å². The van der Waals surface area contributed by atoms with E-state index in [-0.39, 0.29) is 17.0 Å². The Labute approximate surface area is 123 Å². The number of nitrogens with zero attached hydrogens (tertiary/aromatic N) is 2. The molecule has 21 heavy (non-hydrogen) atoms. The molecule has 0 bridgehead atoms. The zero-order chi connectivity index (χ0) is 14.8. The van der Waals surface area contributed by atoms with E-state index in [9.17, 15) is 13.6 Å². The lowest BCUT2D eigenvalue weighted by Crippen LogP contribution is -2.17. The van der Waals surface area contributed by atoms with Crippen LogP contribution in [0.3, 0.4) is 0 Å². The molecular formula is C15H10F2N2OS. The minimum atomic E-state index is -0.686. The largest absolute Gasteiger partial charge is 0.325 e. The first-order valence-corrected chi connectivity index (χ1v) is 7.07. The summed E-state index contributed by atoms with van der Waals surface area (Å²) in [4.78, 5) is 11.1. The normalized spacial score (nSPS) is 10.8. The van der Waals surface area contributed by atoms with Crippen molar-refractivity contribution in [3.8, 4) is 11.1 Å². The molecule has 3 aromatic rings. The molecule has 0 aliphatic rings. The molecule has 106 valence electrons. The first-order chi connectivity index (χ1) is 10.1. The molecule has 1 aromatic heterocycles. The highest BCUT2D eigenvalue weighted by Crippen LogP contribution is 2.24. The Balaban J connectivity index is 2.01. The van der Waals surface area contributed by atoms with Gasteiger partial charge in [0, 0.05) is 5.56 Å². The van der Waals surface area contributed by atoms with Crippen LogP contribution in [0, 0.1) is 11.6 Å². The van der Waals surface area contributed by atoms with Crippen molar-refractivity contribution >= 4 is 11.3 Å². The highest BCUT2D eigenvalue weighted by Gasteiger charge is 2.14. The third-order valence-electron chi connectivity index (χ3n) is 3.11. The molecule has 0 aliphatic carbocycles. The van der Waals surface area contributed by atoms with Gasteiger partial charge in [-0.2, -0.15) is 5.10 Å². The van der Waals surface area contributed by atoms with Gasteiger partial charge in [0.1, 0.15) is 17.1 Å². The second-order valence-corrected chi connectivity index (χ2v) is 5.24. The second-order valence-electron chi connectivity index (χ2n) is 4.45. The van der Waals surface area contributed by atoms with Crippen molar-refractivity contribution < 1.29 is 8.78 Å². The fourth-order valence-corrected chi connectivity index (χ4v) is 2.52. The van der Waals surface area contributed by atoms with Gasteiger partial charge in [0.2, 0.25) is 0 Å². The molecule has 0 N–H and O–H groups in total. The van der Waals surface area contributed by atoms with Gasteiger partial charge in [-0.25, -0.2) is 13.5 Å². The Bertz CT molecular complexity index is 804. The van der Waals surface area contributed by atoms with Crippen molar-refractivity contribution in [3.63, 3.8) is 0 Å². The highest BCUT2D eigenvalue weighted by molar-refractivity contribution is 7.06. The minimum absolute atomic E-state index is 0.164. The van der Waals surface area contributed by atoms with Gasteiger partial charge in [0.05, 0.1) is 6.54 Å². The maximum Gasteiger partial charge on any atom is 0.325 e. The number of hydrogen-bond donors (Lipinski definition) is 0. The van der Waals surface area contributed by atoms with E-state index in [4.69, 9.17) is 0 Å². The average molecular weight is 304 g/mol. The first kappa shape index (κ1) is 13.6. The maximum atomic E-state index is 14.1. The molecule has 0 spiro atoms. The van der Waals surface area contributed by atoms with Gasteiger partial charge in [0.15, 0.2) is 0 Å². The standard InChI is InChI=1S/C15H10F2N2OS/c16-13-6-11(10-4-2-1-3-5-10)7-14(17)12(13)8-19-15(20)21-9-18-19/h1-7,9H,8H2. The van der Waals surface area contributed by atoms with Crippen LogP contribution in [0.25, 0.3) is 11.1 Å².